The van der Waals surface area contributed by atoms with Crippen molar-refractivity contribution in [1.82, 2.24) is 9.97 Å². The fourth-order valence-electron chi connectivity index (χ4n) is 2.21. The summed E-state index contributed by atoms with van der Waals surface area (Å²) in [5, 5.41) is 5.02. The molecule has 0 spiro atoms. The molecule has 0 unspecified atom stereocenters. The first kappa shape index (κ1) is 13.2. The molecule has 4 nitrogen and oxygen atoms in total. The standard InChI is InChI=1S/C17H15N3O/c1-12-8-9-18-17(19-12)20-16(21)11-13-6-7-14-4-2-3-5-15(14)10-13/h2-10H,11H2,1H3,(H,18,19,20,21). The van der Waals surface area contributed by atoms with Crippen molar-refractivity contribution in [2.75, 3.05) is 5.32 Å². The highest BCUT2D eigenvalue weighted by molar-refractivity contribution is 5.92. The first-order chi connectivity index (χ1) is 10.2. The van der Waals surface area contributed by atoms with E-state index in [9.17, 15) is 4.79 Å². The van der Waals surface area contributed by atoms with Crippen LogP contribution in [0.5, 0.6) is 0 Å². The van der Waals surface area contributed by atoms with Crippen molar-refractivity contribution in [1.29, 1.82) is 0 Å². The molecule has 3 rings (SSSR count). The van der Waals surface area contributed by atoms with E-state index in [0.29, 0.717) is 12.4 Å². The van der Waals surface area contributed by atoms with Gasteiger partial charge in [-0.1, -0.05) is 42.5 Å². The van der Waals surface area contributed by atoms with Gasteiger partial charge in [-0.25, -0.2) is 9.97 Å². The van der Waals surface area contributed by atoms with Crippen LogP contribution in [0, 0.1) is 6.92 Å². The van der Waals surface area contributed by atoms with Crippen LogP contribution in [0.1, 0.15) is 11.3 Å². The van der Waals surface area contributed by atoms with Crippen molar-refractivity contribution in [2.24, 2.45) is 0 Å². The number of nitrogens with zero attached hydrogens (tertiary/aromatic N) is 2. The van der Waals surface area contributed by atoms with Crippen LogP contribution in [0.4, 0.5) is 5.95 Å². The van der Waals surface area contributed by atoms with Crippen LogP contribution in [-0.2, 0) is 11.2 Å². The molecule has 1 aromatic heterocycles. The van der Waals surface area contributed by atoms with Crippen LogP contribution in [0.3, 0.4) is 0 Å². The van der Waals surface area contributed by atoms with Crippen LogP contribution >= 0.6 is 0 Å². The van der Waals surface area contributed by atoms with E-state index in [-0.39, 0.29) is 5.91 Å². The third-order valence-electron chi connectivity index (χ3n) is 3.22. The summed E-state index contributed by atoms with van der Waals surface area (Å²) in [5.41, 5.74) is 1.80. The Hall–Kier alpha value is -2.75. The maximum Gasteiger partial charge on any atom is 0.231 e. The van der Waals surface area contributed by atoms with Gasteiger partial charge in [-0.3, -0.25) is 10.1 Å². The van der Waals surface area contributed by atoms with Gasteiger partial charge in [0, 0.05) is 11.9 Å². The van der Waals surface area contributed by atoms with Crippen molar-refractivity contribution in [3.8, 4) is 0 Å². The number of rotatable bonds is 3. The quantitative estimate of drug-likeness (QED) is 0.800. The van der Waals surface area contributed by atoms with Gasteiger partial charge in [0.15, 0.2) is 0 Å². The molecule has 1 heterocycles. The highest BCUT2D eigenvalue weighted by Gasteiger charge is 2.06. The van der Waals surface area contributed by atoms with Crippen molar-refractivity contribution >= 4 is 22.6 Å². The molecular formula is C17H15N3O. The summed E-state index contributed by atoms with van der Waals surface area (Å²) >= 11 is 0. The Morgan fingerprint density at radius 3 is 2.71 bits per heavy atom. The maximum atomic E-state index is 12.0. The normalized spacial score (nSPS) is 10.5. The molecule has 0 fully saturated rings. The molecule has 3 aromatic rings. The number of amides is 1. The zero-order valence-corrected chi connectivity index (χ0v) is 11.7. The lowest BCUT2D eigenvalue weighted by Gasteiger charge is -2.05. The molecule has 0 saturated heterocycles. The second-order valence-electron chi connectivity index (χ2n) is 4.93. The number of nitrogens with one attached hydrogen (secondary N) is 1. The van der Waals surface area contributed by atoms with Crippen molar-refractivity contribution in [2.45, 2.75) is 13.3 Å². The maximum absolute atomic E-state index is 12.0. The van der Waals surface area contributed by atoms with Gasteiger partial charge in [-0.05, 0) is 29.3 Å². The SMILES string of the molecule is Cc1ccnc(NC(=O)Cc2ccc3ccccc3c2)n1. The Morgan fingerprint density at radius 1 is 1.10 bits per heavy atom. The van der Waals surface area contributed by atoms with Crippen LogP contribution in [-0.4, -0.2) is 15.9 Å². The predicted octanol–water partition coefficient (Wildman–Crippen LogP) is 3.12. The molecule has 0 aliphatic carbocycles. The highest BCUT2D eigenvalue weighted by atomic mass is 16.1. The molecule has 0 aliphatic heterocycles. The lowest BCUT2D eigenvalue weighted by molar-refractivity contribution is -0.115. The molecule has 2 aromatic carbocycles. The van der Waals surface area contributed by atoms with Crippen molar-refractivity contribution in [3.63, 3.8) is 0 Å². The van der Waals surface area contributed by atoms with Gasteiger partial charge in [0.1, 0.15) is 0 Å². The molecule has 0 atom stereocenters. The average Bonchev–Trinajstić information content (AvgIpc) is 2.47. The second kappa shape index (κ2) is 5.71. The van der Waals surface area contributed by atoms with Gasteiger partial charge in [0.05, 0.1) is 6.42 Å². The molecular weight excluding hydrogens is 262 g/mol. The van der Waals surface area contributed by atoms with Crippen LogP contribution in [0.15, 0.2) is 54.7 Å². The summed E-state index contributed by atoms with van der Waals surface area (Å²) in [6.07, 6.45) is 1.94. The number of benzene rings is 2. The molecule has 21 heavy (non-hydrogen) atoms. The number of carbonyl (C=O) groups excluding carboxylic acids is 1. The van der Waals surface area contributed by atoms with E-state index < -0.39 is 0 Å². The van der Waals surface area contributed by atoms with Crippen LogP contribution in [0.25, 0.3) is 10.8 Å². The summed E-state index contributed by atoms with van der Waals surface area (Å²) in [5.74, 6) is 0.233. The van der Waals surface area contributed by atoms with Gasteiger partial charge in [0.25, 0.3) is 0 Å². The van der Waals surface area contributed by atoms with Crippen molar-refractivity contribution < 1.29 is 4.79 Å². The fraction of sp³-hybridized carbons (Fsp3) is 0.118. The number of anilines is 1. The largest absolute Gasteiger partial charge is 0.294 e. The number of aryl methyl sites for hydroxylation is 1. The van der Waals surface area contributed by atoms with E-state index >= 15 is 0 Å². The molecule has 1 amide bonds. The van der Waals surface area contributed by atoms with Crippen molar-refractivity contribution in [3.05, 3.63) is 66.0 Å². The number of carbonyl (C=O) groups is 1. The summed E-state index contributed by atoms with van der Waals surface area (Å²) in [4.78, 5) is 20.2. The summed E-state index contributed by atoms with van der Waals surface area (Å²) in [7, 11) is 0. The smallest absolute Gasteiger partial charge is 0.231 e. The minimum atomic E-state index is -0.115. The Bertz CT molecular complexity index is 799. The van der Waals surface area contributed by atoms with Gasteiger partial charge in [-0.15, -0.1) is 0 Å². The van der Waals surface area contributed by atoms with Gasteiger partial charge in [-0.2, -0.15) is 0 Å². The summed E-state index contributed by atoms with van der Waals surface area (Å²) in [6, 6.07) is 15.9. The first-order valence-electron chi connectivity index (χ1n) is 6.78. The lowest BCUT2D eigenvalue weighted by atomic mass is 10.1. The Labute approximate surface area is 122 Å². The van der Waals surface area contributed by atoms with Crippen LogP contribution < -0.4 is 5.32 Å². The number of hydrogen-bond acceptors (Lipinski definition) is 3. The van der Waals surface area contributed by atoms with E-state index in [1.807, 2.05) is 43.3 Å². The monoisotopic (exact) mass is 277 g/mol. The Kier molecular flexibility index (Phi) is 3.60. The highest BCUT2D eigenvalue weighted by Crippen LogP contribution is 2.16. The average molecular weight is 277 g/mol. The van der Waals surface area contributed by atoms with E-state index in [0.717, 1.165) is 16.6 Å². The molecule has 0 bridgehead atoms. The van der Waals surface area contributed by atoms with E-state index in [2.05, 4.69) is 21.4 Å². The molecule has 0 radical (unpaired) electrons. The molecule has 4 heteroatoms. The third-order valence-corrected chi connectivity index (χ3v) is 3.22. The minimum Gasteiger partial charge on any atom is -0.294 e. The van der Waals surface area contributed by atoms with Crippen LogP contribution in [0.2, 0.25) is 0 Å². The van der Waals surface area contributed by atoms with Gasteiger partial charge < -0.3 is 0 Å². The Morgan fingerprint density at radius 2 is 1.90 bits per heavy atom. The van der Waals surface area contributed by atoms with E-state index in [4.69, 9.17) is 0 Å². The summed E-state index contributed by atoms with van der Waals surface area (Å²) < 4.78 is 0. The fourth-order valence-corrected chi connectivity index (χ4v) is 2.21. The zero-order chi connectivity index (χ0) is 14.7. The van der Waals surface area contributed by atoms with E-state index in [1.54, 1.807) is 12.3 Å². The lowest BCUT2D eigenvalue weighted by Crippen LogP contribution is -2.16. The zero-order valence-electron chi connectivity index (χ0n) is 11.7. The molecule has 104 valence electrons. The molecule has 1 N–H and O–H groups in total. The first-order valence-corrected chi connectivity index (χ1v) is 6.78. The predicted molar refractivity (Wildman–Crippen MR) is 83.1 cm³/mol. The third kappa shape index (κ3) is 3.23. The summed E-state index contributed by atoms with van der Waals surface area (Å²) in [6.45, 7) is 1.86. The number of hydrogen-bond donors (Lipinski definition) is 1. The Balaban J connectivity index is 1.74. The molecule has 0 aliphatic rings. The second-order valence-corrected chi connectivity index (χ2v) is 4.93. The topological polar surface area (TPSA) is 54.9 Å². The molecule has 0 saturated carbocycles. The number of fused-ring (bicyclic) bond motifs is 1. The number of aromatic nitrogens is 2. The minimum absolute atomic E-state index is 0.115. The van der Waals surface area contributed by atoms with E-state index in [1.165, 1.54) is 5.39 Å². The van der Waals surface area contributed by atoms with Gasteiger partial charge in [0.2, 0.25) is 11.9 Å². The van der Waals surface area contributed by atoms with Gasteiger partial charge >= 0.3 is 0 Å².